The van der Waals surface area contributed by atoms with Crippen molar-refractivity contribution in [3.63, 3.8) is 0 Å². The molecule has 1 aliphatic carbocycles. The van der Waals surface area contributed by atoms with Crippen LogP contribution < -0.4 is 20.1 Å². The zero-order valence-electron chi connectivity index (χ0n) is 13.2. The summed E-state index contributed by atoms with van der Waals surface area (Å²) < 4.78 is 15.0. The van der Waals surface area contributed by atoms with Gasteiger partial charge in [0.2, 0.25) is 0 Å². The summed E-state index contributed by atoms with van der Waals surface area (Å²) in [5.41, 5.74) is 0.0906. The first-order valence-electron chi connectivity index (χ1n) is 7.13. The number of carbonyl (C=O) groups excluding carboxylic acids is 3. The molecule has 0 aliphatic heterocycles. The quantitative estimate of drug-likeness (QED) is 0.749. The lowest BCUT2D eigenvalue weighted by Crippen LogP contribution is -2.42. The molecule has 2 N–H and O–H groups in total. The molecule has 1 saturated carbocycles. The van der Waals surface area contributed by atoms with Crippen molar-refractivity contribution in [2.75, 3.05) is 20.8 Å². The van der Waals surface area contributed by atoms with Crippen molar-refractivity contribution in [2.24, 2.45) is 0 Å². The zero-order valence-corrected chi connectivity index (χ0v) is 13.9. The predicted molar refractivity (Wildman–Crippen MR) is 84.5 cm³/mol. The Bertz CT molecular complexity index is 660. The predicted octanol–water partition coefficient (Wildman–Crippen LogP) is 1.50. The number of amides is 3. The molecule has 0 unspecified atom stereocenters. The molecule has 1 aliphatic rings. The zero-order chi connectivity index (χ0) is 17.7. The Labute approximate surface area is 143 Å². The molecule has 8 nitrogen and oxygen atoms in total. The molecule has 0 heterocycles. The minimum absolute atomic E-state index is 0.0906. The number of ether oxygens (including phenoxy) is 3. The van der Waals surface area contributed by atoms with E-state index in [1.165, 1.54) is 26.4 Å². The fraction of sp³-hybridized carbons (Fsp3) is 0.400. The minimum Gasteiger partial charge on any atom is -0.493 e. The largest absolute Gasteiger partial charge is 0.493 e. The highest BCUT2D eigenvalue weighted by atomic mass is 35.5. The van der Waals surface area contributed by atoms with E-state index in [-0.39, 0.29) is 28.1 Å². The summed E-state index contributed by atoms with van der Waals surface area (Å²) in [4.78, 5) is 34.9. The number of methoxy groups -OCH3 is 2. The molecular formula is C15H17ClN2O6. The van der Waals surface area contributed by atoms with Crippen LogP contribution in [-0.4, -0.2) is 44.8 Å². The van der Waals surface area contributed by atoms with Gasteiger partial charge in [-0.1, -0.05) is 11.6 Å². The molecule has 0 bridgehead atoms. The minimum atomic E-state index is -0.782. The highest BCUT2D eigenvalue weighted by Crippen LogP contribution is 2.36. The van der Waals surface area contributed by atoms with Gasteiger partial charge in [0.25, 0.3) is 5.91 Å². The molecule has 1 fully saturated rings. The molecule has 24 heavy (non-hydrogen) atoms. The van der Waals surface area contributed by atoms with Crippen LogP contribution in [0.1, 0.15) is 23.2 Å². The van der Waals surface area contributed by atoms with Gasteiger partial charge >= 0.3 is 12.0 Å². The van der Waals surface area contributed by atoms with Crippen LogP contribution in [0.3, 0.4) is 0 Å². The van der Waals surface area contributed by atoms with Crippen LogP contribution in [0.2, 0.25) is 5.02 Å². The van der Waals surface area contributed by atoms with Gasteiger partial charge in [-0.2, -0.15) is 0 Å². The molecule has 0 radical (unpaired) electrons. The normalized spacial score (nSPS) is 13.0. The first-order chi connectivity index (χ1) is 11.4. The molecule has 0 atom stereocenters. The monoisotopic (exact) mass is 356 g/mol. The van der Waals surface area contributed by atoms with Gasteiger partial charge in [-0.05, 0) is 25.0 Å². The third kappa shape index (κ3) is 4.76. The summed E-state index contributed by atoms with van der Waals surface area (Å²) >= 11 is 6.00. The third-order valence-corrected chi connectivity index (χ3v) is 3.45. The Morgan fingerprint density at radius 1 is 1.21 bits per heavy atom. The fourth-order valence-electron chi connectivity index (χ4n) is 1.86. The van der Waals surface area contributed by atoms with Gasteiger partial charge in [-0.15, -0.1) is 0 Å². The standard InChI is InChI=1S/C15H17ClN2O6/c1-22-11-6-8(5-10(16)13(11)23-2)14(20)24-7-12(19)18-15(21)17-9-3-4-9/h5-6,9H,3-4,7H2,1-2H3,(H2,17,18,19,21). The third-order valence-electron chi connectivity index (χ3n) is 3.17. The highest BCUT2D eigenvalue weighted by molar-refractivity contribution is 6.32. The van der Waals surface area contributed by atoms with Gasteiger partial charge in [0.15, 0.2) is 18.1 Å². The maximum absolute atomic E-state index is 12.0. The van der Waals surface area contributed by atoms with Gasteiger partial charge in [0.1, 0.15) is 0 Å². The number of imide groups is 1. The van der Waals surface area contributed by atoms with Crippen LogP contribution >= 0.6 is 11.6 Å². The van der Waals surface area contributed by atoms with Crippen molar-refractivity contribution in [1.29, 1.82) is 0 Å². The second kappa shape index (κ2) is 7.87. The Morgan fingerprint density at radius 3 is 2.50 bits per heavy atom. The van der Waals surface area contributed by atoms with Crippen molar-refractivity contribution in [1.82, 2.24) is 10.6 Å². The molecule has 9 heteroatoms. The van der Waals surface area contributed by atoms with Crippen molar-refractivity contribution in [2.45, 2.75) is 18.9 Å². The Morgan fingerprint density at radius 2 is 1.92 bits per heavy atom. The van der Waals surface area contributed by atoms with Crippen LogP contribution in [0.4, 0.5) is 4.79 Å². The highest BCUT2D eigenvalue weighted by Gasteiger charge is 2.24. The van der Waals surface area contributed by atoms with Crippen LogP contribution in [0, 0.1) is 0 Å². The van der Waals surface area contributed by atoms with Crippen LogP contribution in [-0.2, 0) is 9.53 Å². The Kier molecular flexibility index (Phi) is 5.86. The summed E-state index contributed by atoms with van der Waals surface area (Å²) in [5, 5.41) is 4.82. The van der Waals surface area contributed by atoms with E-state index < -0.39 is 24.5 Å². The second-order valence-electron chi connectivity index (χ2n) is 5.07. The Balaban J connectivity index is 1.90. The summed E-state index contributed by atoms with van der Waals surface area (Å²) in [5.74, 6) is -0.973. The Hall–Kier alpha value is -2.48. The van der Waals surface area contributed by atoms with Crippen molar-refractivity contribution >= 4 is 29.5 Å². The first kappa shape index (κ1) is 17.9. The average molecular weight is 357 g/mol. The maximum Gasteiger partial charge on any atom is 0.338 e. The molecule has 3 amide bonds. The maximum atomic E-state index is 12.0. The average Bonchev–Trinajstić information content (AvgIpc) is 3.35. The van der Waals surface area contributed by atoms with E-state index in [4.69, 9.17) is 25.8 Å². The van der Waals surface area contributed by atoms with E-state index in [2.05, 4.69) is 10.6 Å². The van der Waals surface area contributed by atoms with E-state index in [0.717, 1.165) is 12.8 Å². The SMILES string of the molecule is COc1cc(C(=O)OCC(=O)NC(=O)NC2CC2)cc(Cl)c1OC. The molecule has 1 aromatic rings. The summed E-state index contributed by atoms with van der Waals surface area (Å²) in [6.45, 7) is -0.594. The lowest BCUT2D eigenvalue weighted by atomic mass is 10.2. The molecule has 2 rings (SSSR count). The first-order valence-corrected chi connectivity index (χ1v) is 7.51. The van der Waals surface area contributed by atoms with Gasteiger partial charge in [0, 0.05) is 6.04 Å². The molecule has 0 spiro atoms. The number of halogens is 1. The number of hydrogen-bond donors (Lipinski definition) is 2. The smallest absolute Gasteiger partial charge is 0.338 e. The second-order valence-corrected chi connectivity index (χ2v) is 5.47. The van der Waals surface area contributed by atoms with Gasteiger partial charge < -0.3 is 19.5 Å². The van der Waals surface area contributed by atoms with E-state index in [1.54, 1.807) is 0 Å². The number of hydrogen-bond acceptors (Lipinski definition) is 6. The lowest BCUT2D eigenvalue weighted by molar-refractivity contribution is -0.123. The van der Waals surface area contributed by atoms with Crippen molar-refractivity contribution in [3.8, 4) is 11.5 Å². The van der Waals surface area contributed by atoms with Crippen molar-refractivity contribution in [3.05, 3.63) is 22.7 Å². The lowest BCUT2D eigenvalue weighted by Gasteiger charge is -2.11. The number of urea groups is 1. The summed E-state index contributed by atoms with van der Waals surface area (Å²) in [6, 6.07) is 2.23. The van der Waals surface area contributed by atoms with Crippen molar-refractivity contribution < 1.29 is 28.6 Å². The van der Waals surface area contributed by atoms with E-state index in [1.807, 2.05) is 0 Å². The van der Waals surface area contributed by atoms with Crippen LogP contribution in [0.15, 0.2) is 12.1 Å². The van der Waals surface area contributed by atoms with Crippen LogP contribution in [0.5, 0.6) is 11.5 Å². The number of carbonyl (C=O) groups is 3. The van der Waals surface area contributed by atoms with E-state index >= 15 is 0 Å². The molecule has 130 valence electrons. The summed E-state index contributed by atoms with van der Waals surface area (Å²) in [7, 11) is 2.81. The molecule has 0 saturated heterocycles. The van der Waals surface area contributed by atoms with Crippen LogP contribution in [0.25, 0.3) is 0 Å². The number of esters is 1. The number of rotatable bonds is 6. The molecule has 1 aromatic carbocycles. The number of nitrogens with one attached hydrogen (secondary N) is 2. The topological polar surface area (TPSA) is 103 Å². The number of benzene rings is 1. The molecular weight excluding hydrogens is 340 g/mol. The summed E-state index contributed by atoms with van der Waals surface area (Å²) in [6.07, 6.45) is 1.80. The van der Waals surface area contributed by atoms with Gasteiger partial charge in [-0.3, -0.25) is 10.1 Å². The van der Waals surface area contributed by atoms with E-state index in [9.17, 15) is 14.4 Å². The fourth-order valence-corrected chi connectivity index (χ4v) is 2.15. The van der Waals surface area contributed by atoms with Gasteiger partial charge in [-0.25, -0.2) is 9.59 Å². The van der Waals surface area contributed by atoms with E-state index in [0.29, 0.717) is 0 Å². The van der Waals surface area contributed by atoms with Gasteiger partial charge in [0.05, 0.1) is 24.8 Å². The molecule has 0 aromatic heterocycles.